The Labute approximate surface area is 136 Å². The van der Waals surface area contributed by atoms with Crippen molar-refractivity contribution in [2.75, 3.05) is 5.73 Å². The van der Waals surface area contributed by atoms with Gasteiger partial charge in [0.1, 0.15) is 18.2 Å². The van der Waals surface area contributed by atoms with E-state index in [0.29, 0.717) is 12.4 Å². The van der Waals surface area contributed by atoms with Crippen LogP contribution in [0, 0.1) is 0 Å². The molecule has 3 aromatic rings. The third-order valence-electron chi connectivity index (χ3n) is 3.47. The lowest BCUT2D eigenvalue weighted by atomic mass is 10.1. The molecule has 0 atom stereocenters. The van der Waals surface area contributed by atoms with Crippen LogP contribution in [0.3, 0.4) is 0 Å². The van der Waals surface area contributed by atoms with E-state index in [1.54, 1.807) is 6.20 Å². The number of ether oxygens (including phenoxy) is 1. The molecule has 0 saturated heterocycles. The molecule has 0 amide bonds. The molecule has 0 aliphatic carbocycles. The molecular formula is C19H21N3O. The minimum absolute atomic E-state index is 0. The lowest BCUT2D eigenvalue weighted by Gasteiger charge is -2.09. The fraction of sp³-hybridized carbons (Fsp3) is 0.105. The first kappa shape index (κ1) is 16.5. The molecule has 0 saturated carbocycles. The Kier molecular flexibility index (Phi) is 5.72. The van der Waals surface area contributed by atoms with Gasteiger partial charge in [-0.3, -0.25) is 0 Å². The Morgan fingerprint density at radius 2 is 1.65 bits per heavy atom. The van der Waals surface area contributed by atoms with Gasteiger partial charge in [-0.1, -0.05) is 48.5 Å². The van der Waals surface area contributed by atoms with Crippen molar-refractivity contribution in [2.45, 2.75) is 13.0 Å². The maximum Gasteiger partial charge on any atom is 0.126 e. The summed E-state index contributed by atoms with van der Waals surface area (Å²) in [7, 11) is 0. The van der Waals surface area contributed by atoms with Crippen molar-refractivity contribution >= 4 is 5.82 Å². The first-order chi connectivity index (χ1) is 10.8. The van der Waals surface area contributed by atoms with E-state index in [2.05, 4.69) is 29.2 Å². The smallest absolute Gasteiger partial charge is 0.126 e. The summed E-state index contributed by atoms with van der Waals surface area (Å²) in [5.74, 6) is 1.45. The van der Waals surface area contributed by atoms with Crippen LogP contribution >= 0.6 is 0 Å². The van der Waals surface area contributed by atoms with Crippen LogP contribution in [-0.4, -0.2) is 4.98 Å². The van der Waals surface area contributed by atoms with E-state index in [0.717, 1.165) is 28.9 Å². The Balaban J connectivity index is 0.00000192. The number of nitrogens with zero attached hydrogens (tertiary/aromatic N) is 1. The lowest BCUT2D eigenvalue weighted by Crippen LogP contribution is -1.99. The molecular weight excluding hydrogens is 286 g/mol. The molecule has 4 heteroatoms. The number of pyridine rings is 1. The summed E-state index contributed by atoms with van der Waals surface area (Å²) in [6.07, 6.45) is 2.46. The van der Waals surface area contributed by atoms with Gasteiger partial charge in [-0.2, -0.15) is 0 Å². The van der Waals surface area contributed by atoms with Gasteiger partial charge in [0.25, 0.3) is 0 Å². The molecule has 0 unspecified atom stereocenters. The van der Waals surface area contributed by atoms with E-state index in [4.69, 9.17) is 10.5 Å². The number of aromatic nitrogens is 1. The predicted octanol–water partition coefficient (Wildman–Crippen LogP) is 4.00. The monoisotopic (exact) mass is 307 g/mol. The molecule has 2 aromatic carbocycles. The van der Waals surface area contributed by atoms with Gasteiger partial charge in [-0.05, 0) is 34.9 Å². The minimum Gasteiger partial charge on any atom is -0.489 e. The summed E-state index contributed by atoms with van der Waals surface area (Å²) in [6.45, 7) is 0.569. The zero-order valence-corrected chi connectivity index (χ0v) is 13.0. The second kappa shape index (κ2) is 7.96. The van der Waals surface area contributed by atoms with Gasteiger partial charge in [-0.25, -0.2) is 4.98 Å². The fourth-order valence-electron chi connectivity index (χ4n) is 2.31. The SMILES string of the molecule is N.Nc1ncccc1Cc1cccc(OCc2ccccc2)c1. The number of nitrogen functional groups attached to an aromatic ring is 1. The minimum atomic E-state index is 0. The third-order valence-corrected chi connectivity index (χ3v) is 3.47. The van der Waals surface area contributed by atoms with E-state index in [1.165, 1.54) is 0 Å². The third kappa shape index (κ3) is 4.56. The largest absolute Gasteiger partial charge is 0.489 e. The van der Waals surface area contributed by atoms with E-state index < -0.39 is 0 Å². The van der Waals surface area contributed by atoms with Gasteiger partial charge in [0.15, 0.2) is 0 Å². The Morgan fingerprint density at radius 3 is 2.43 bits per heavy atom. The quantitative estimate of drug-likeness (QED) is 0.746. The van der Waals surface area contributed by atoms with Gasteiger partial charge in [-0.15, -0.1) is 0 Å². The van der Waals surface area contributed by atoms with E-state index in [1.807, 2.05) is 42.5 Å². The molecule has 3 rings (SSSR count). The highest BCUT2D eigenvalue weighted by Gasteiger charge is 2.03. The maximum absolute atomic E-state index is 5.90. The van der Waals surface area contributed by atoms with Crippen molar-refractivity contribution in [1.82, 2.24) is 11.1 Å². The van der Waals surface area contributed by atoms with Gasteiger partial charge in [0, 0.05) is 12.6 Å². The zero-order valence-electron chi connectivity index (χ0n) is 13.0. The number of anilines is 1. The maximum atomic E-state index is 5.90. The molecule has 5 N–H and O–H groups in total. The van der Waals surface area contributed by atoms with Crippen LogP contribution in [0.2, 0.25) is 0 Å². The molecule has 1 heterocycles. The molecule has 0 aliphatic heterocycles. The molecule has 4 nitrogen and oxygen atoms in total. The van der Waals surface area contributed by atoms with E-state index in [-0.39, 0.29) is 6.15 Å². The van der Waals surface area contributed by atoms with Crippen molar-refractivity contribution in [2.24, 2.45) is 0 Å². The van der Waals surface area contributed by atoms with Crippen LogP contribution in [0.1, 0.15) is 16.7 Å². The highest BCUT2D eigenvalue weighted by molar-refractivity contribution is 5.43. The second-order valence-electron chi connectivity index (χ2n) is 5.15. The molecule has 23 heavy (non-hydrogen) atoms. The first-order valence-corrected chi connectivity index (χ1v) is 7.26. The Morgan fingerprint density at radius 1 is 0.870 bits per heavy atom. The number of hydrogen-bond acceptors (Lipinski definition) is 4. The standard InChI is InChI=1S/C19H18N2O.H3N/c20-19-17(9-5-11-21-19)12-16-8-4-10-18(13-16)22-14-15-6-2-1-3-7-15;/h1-11,13H,12,14H2,(H2,20,21);1H3. The van der Waals surface area contributed by atoms with Crippen molar-refractivity contribution in [1.29, 1.82) is 0 Å². The van der Waals surface area contributed by atoms with Gasteiger partial charge < -0.3 is 16.6 Å². The molecule has 1 aromatic heterocycles. The average Bonchev–Trinajstić information content (AvgIpc) is 2.57. The summed E-state index contributed by atoms with van der Waals surface area (Å²) in [6, 6.07) is 22.1. The highest BCUT2D eigenvalue weighted by Crippen LogP contribution is 2.19. The summed E-state index contributed by atoms with van der Waals surface area (Å²) in [5, 5.41) is 0. The van der Waals surface area contributed by atoms with E-state index >= 15 is 0 Å². The Bertz CT molecular complexity index is 744. The van der Waals surface area contributed by atoms with E-state index in [9.17, 15) is 0 Å². The van der Waals surface area contributed by atoms with Crippen molar-refractivity contribution < 1.29 is 4.74 Å². The molecule has 0 spiro atoms. The Hall–Kier alpha value is -2.85. The number of hydrogen-bond donors (Lipinski definition) is 2. The normalized spacial score (nSPS) is 9.91. The number of benzene rings is 2. The van der Waals surface area contributed by atoms with Crippen molar-refractivity contribution in [3.63, 3.8) is 0 Å². The molecule has 0 bridgehead atoms. The van der Waals surface area contributed by atoms with Crippen LogP contribution in [0.4, 0.5) is 5.82 Å². The number of nitrogens with two attached hydrogens (primary N) is 1. The van der Waals surface area contributed by atoms with Crippen LogP contribution in [0.5, 0.6) is 5.75 Å². The second-order valence-corrected chi connectivity index (χ2v) is 5.15. The van der Waals surface area contributed by atoms with Gasteiger partial charge >= 0.3 is 0 Å². The fourth-order valence-corrected chi connectivity index (χ4v) is 2.31. The lowest BCUT2D eigenvalue weighted by molar-refractivity contribution is 0.306. The molecule has 0 aliphatic rings. The van der Waals surface area contributed by atoms with Crippen molar-refractivity contribution in [3.05, 3.63) is 89.6 Å². The summed E-state index contributed by atoms with van der Waals surface area (Å²) < 4.78 is 5.85. The molecule has 118 valence electrons. The van der Waals surface area contributed by atoms with Crippen LogP contribution in [0.25, 0.3) is 0 Å². The number of rotatable bonds is 5. The van der Waals surface area contributed by atoms with Gasteiger partial charge in [0.2, 0.25) is 0 Å². The van der Waals surface area contributed by atoms with Crippen LogP contribution < -0.4 is 16.6 Å². The first-order valence-electron chi connectivity index (χ1n) is 7.26. The molecule has 0 radical (unpaired) electrons. The van der Waals surface area contributed by atoms with Crippen LogP contribution in [0.15, 0.2) is 72.9 Å². The van der Waals surface area contributed by atoms with Gasteiger partial charge in [0.05, 0.1) is 0 Å². The topological polar surface area (TPSA) is 83.1 Å². The summed E-state index contributed by atoms with van der Waals surface area (Å²) in [5.41, 5.74) is 9.24. The summed E-state index contributed by atoms with van der Waals surface area (Å²) in [4.78, 5) is 4.12. The summed E-state index contributed by atoms with van der Waals surface area (Å²) >= 11 is 0. The predicted molar refractivity (Wildman–Crippen MR) is 93.7 cm³/mol. The van der Waals surface area contributed by atoms with Crippen molar-refractivity contribution in [3.8, 4) is 5.75 Å². The highest BCUT2D eigenvalue weighted by atomic mass is 16.5. The van der Waals surface area contributed by atoms with Crippen LogP contribution in [-0.2, 0) is 13.0 Å². The average molecular weight is 307 g/mol. The molecule has 0 fully saturated rings. The zero-order chi connectivity index (χ0) is 15.2.